The number of fused-ring (bicyclic) bond motifs is 3. The molecule has 2 N–H and O–H groups in total. The summed E-state index contributed by atoms with van der Waals surface area (Å²) >= 11 is 0. The van der Waals surface area contributed by atoms with Crippen LogP contribution < -0.4 is 9.64 Å². The Kier molecular flexibility index (Phi) is 5.89. The van der Waals surface area contributed by atoms with Crippen LogP contribution in [0, 0.1) is 0 Å². The fourth-order valence-electron chi connectivity index (χ4n) is 6.82. The van der Waals surface area contributed by atoms with E-state index >= 15 is 0 Å². The molecule has 1 fully saturated rings. The lowest BCUT2D eigenvalue weighted by molar-refractivity contribution is -0.939. The molecule has 1 aliphatic heterocycles. The van der Waals surface area contributed by atoms with Gasteiger partial charge in [0.1, 0.15) is 31.0 Å². The monoisotopic (exact) mass is 445 g/mol. The first-order valence-electron chi connectivity index (χ1n) is 13.1. The van der Waals surface area contributed by atoms with Gasteiger partial charge >= 0.3 is 0 Å². The number of rotatable bonds is 6. The number of aryl methyl sites for hydroxylation is 1. The Bertz CT molecular complexity index is 1100. The molecule has 0 radical (unpaired) electrons. The highest BCUT2D eigenvalue weighted by atomic mass is 16.5. The number of benzene rings is 2. The van der Waals surface area contributed by atoms with Gasteiger partial charge in [-0.05, 0) is 67.0 Å². The molecule has 1 unspecified atom stereocenters. The van der Waals surface area contributed by atoms with Crippen LogP contribution in [0.15, 0.2) is 48.5 Å². The fourth-order valence-corrected chi connectivity index (χ4v) is 6.82. The van der Waals surface area contributed by atoms with Crippen LogP contribution in [0.1, 0.15) is 73.7 Å². The summed E-state index contributed by atoms with van der Waals surface area (Å²) < 4.78 is 8.46. The lowest BCUT2D eigenvalue weighted by atomic mass is 9.83. The quantitative estimate of drug-likeness (QED) is 0.590. The van der Waals surface area contributed by atoms with E-state index in [0.29, 0.717) is 12.6 Å². The molecule has 3 aliphatic rings. The van der Waals surface area contributed by atoms with Crippen LogP contribution in [-0.2, 0) is 13.0 Å². The average molecular weight is 446 g/mol. The van der Waals surface area contributed by atoms with Crippen molar-refractivity contribution in [3.63, 3.8) is 0 Å². The highest BCUT2D eigenvalue weighted by molar-refractivity contribution is 5.87. The van der Waals surface area contributed by atoms with Gasteiger partial charge in [-0.1, -0.05) is 43.5 Å². The molecule has 1 aromatic heterocycles. The molecule has 3 atom stereocenters. The van der Waals surface area contributed by atoms with Gasteiger partial charge in [-0.25, -0.2) is 0 Å². The maximum Gasteiger partial charge on any atom is 0.137 e. The van der Waals surface area contributed by atoms with E-state index in [-0.39, 0.29) is 0 Å². The zero-order chi connectivity index (χ0) is 22.2. The predicted molar refractivity (Wildman–Crippen MR) is 132 cm³/mol. The van der Waals surface area contributed by atoms with Crippen LogP contribution in [0.25, 0.3) is 10.9 Å². The molecule has 0 amide bonds. The van der Waals surface area contributed by atoms with Crippen LogP contribution >= 0.6 is 0 Å². The van der Waals surface area contributed by atoms with Crippen LogP contribution in [-0.4, -0.2) is 35.5 Å². The van der Waals surface area contributed by atoms with Gasteiger partial charge < -0.3 is 19.3 Å². The van der Waals surface area contributed by atoms with E-state index in [0.717, 1.165) is 31.3 Å². The van der Waals surface area contributed by atoms with Gasteiger partial charge in [0, 0.05) is 17.3 Å². The number of quaternary nitrogens is 1. The van der Waals surface area contributed by atoms with Gasteiger partial charge in [-0.2, -0.15) is 0 Å². The third kappa shape index (κ3) is 4.08. The molecule has 174 valence electrons. The fraction of sp³-hybridized carbons (Fsp3) is 0.517. The van der Waals surface area contributed by atoms with E-state index in [2.05, 4.69) is 22.8 Å². The van der Waals surface area contributed by atoms with E-state index in [9.17, 15) is 5.11 Å². The zero-order valence-corrected chi connectivity index (χ0v) is 19.6. The average Bonchev–Trinajstić information content (AvgIpc) is 3.20. The maximum atomic E-state index is 10.8. The Morgan fingerprint density at radius 1 is 1.00 bits per heavy atom. The SMILES string of the molecule is O[C@@H](COc1ccccc1)C[NH+]1CCn2c3c(c4cc(C5CCCCC5)ccc42)CCC[C@H]31. The summed E-state index contributed by atoms with van der Waals surface area (Å²) in [6.07, 6.45) is 10.1. The predicted octanol–water partition coefficient (Wildman–Crippen LogP) is 4.40. The number of para-hydroxylation sites is 1. The molecular weight excluding hydrogens is 408 g/mol. The van der Waals surface area contributed by atoms with Crippen LogP contribution in [0.5, 0.6) is 5.75 Å². The molecule has 4 nitrogen and oxygen atoms in total. The summed E-state index contributed by atoms with van der Waals surface area (Å²) in [7, 11) is 0. The highest BCUT2D eigenvalue weighted by Crippen LogP contribution is 2.40. The van der Waals surface area contributed by atoms with Gasteiger partial charge in [0.25, 0.3) is 0 Å². The topological polar surface area (TPSA) is 38.8 Å². The van der Waals surface area contributed by atoms with Gasteiger partial charge in [-0.3, -0.25) is 0 Å². The second kappa shape index (κ2) is 9.15. The lowest BCUT2D eigenvalue weighted by Crippen LogP contribution is -3.14. The standard InChI is InChI=1S/C29H36N2O2/c32-23(20-33-24-10-5-2-6-11-24)19-30-16-17-31-27-15-14-22(21-8-3-1-4-9-21)18-26(27)25-12-7-13-28(30)29(25)31/h2,5-6,10-11,14-15,18,21,23,28,32H,1,3-4,7-9,12-13,16-17,19-20H2/p+1/t23-,28-/m1/s1. The molecule has 6 rings (SSSR count). The molecule has 2 aliphatic carbocycles. The van der Waals surface area contributed by atoms with Crippen molar-refractivity contribution in [2.75, 3.05) is 19.7 Å². The molecule has 3 aromatic rings. The van der Waals surface area contributed by atoms with Crippen LogP contribution in [0.2, 0.25) is 0 Å². The molecule has 0 saturated heterocycles. The Morgan fingerprint density at radius 2 is 1.85 bits per heavy atom. The first-order valence-corrected chi connectivity index (χ1v) is 13.1. The molecule has 1 saturated carbocycles. The van der Waals surface area contributed by atoms with Crippen molar-refractivity contribution in [1.29, 1.82) is 0 Å². The molecule has 2 heterocycles. The molecule has 0 spiro atoms. The number of nitrogens with one attached hydrogen (secondary N) is 1. The number of nitrogens with zero attached hydrogens (tertiary/aromatic N) is 1. The van der Waals surface area contributed by atoms with E-state index in [1.165, 1.54) is 67.2 Å². The van der Waals surface area contributed by atoms with Crippen molar-refractivity contribution in [3.05, 3.63) is 65.4 Å². The van der Waals surface area contributed by atoms with Crippen molar-refractivity contribution in [3.8, 4) is 5.75 Å². The molecule has 0 bridgehead atoms. The smallest absolute Gasteiger partial charge is 0.137 e. The van der Waals surface area contributed by atoms with Crippen molar-refractivity contribution in [2.24, 2.45) is 0 Å². The van der Waals surface area contributed by atoms with E-state index in [4.69, 9.17) is 4.74 Å². The Labute approximate surface area is 197 Å². The van der Waals surface area contributed by atoms with Gasteiger partial charge in [0.05, 0.1) is 18.8 Å². The second-order valence-corrected chi connectivity index (χ2v) is 10.5. The van der Waals surface area contributed by atoms with E-state index in [1.54, 1.807) is 16.8 Å². The maximum absolute atomic E-state index is 10.8. The van der Waals surface area contributed by atoms with Gasteiger partial charge in [0.15, 0.2) is 0 Å². The van der Waals surface area contributed by atoms with Crippen LogP contribution in [0.3, 0.4) is 0 Å². The molecule has 33 heavy (non-hydrogen) atoms. The minimum Gasteiger partial charge on any atom is -0.491 e. The van der Waals surface area contributed by atoms with Crippen molar-refractivity contribution >= 4 is 10.9 Å². The highest BCUT2D eigenvalue weighted by Gasteiger charge is 2.38. The molecular formula is C29H37N2O2+. The number of hydrogen-bond donors (Lipinski definition) is 2. The van der Waals surface area contributed by atoms with Crippen molar-refractivity contribution < 1.29 is 14.7 Å². The second-order valence-electron chi connectivity index (χ2n) is 10.5. The number of aromatic nitrogens is 1. The number of ether oxygens (including phenoxy) is 1. The molecule has 2 aromatic carbocycles. The first kappa shape index (κ1) is 21.2. The van der Waals surface area contributed by atoms with E-state index < -0.39 is 6.10 Å². The van der Waals surface area contributed by atoms with Crippen LogP contribution in [0.4, 0.5) is 0 Å². The van der Waals surface area contributed by atoms with Gasteiger partial charge in [-0.15, -0.1) is 0 Å². The minimum absolute atomic E-state index is 0.362. The summed E-state index contributed by atoms with van der Waals surface area (Å²) in [5.74, 6) is 1.59. The summed E-state index contributed by atoms with van der Waals surface area (Å²) in [5.41, 5.74) is 6.18. The minimum atomic E-state index is -0.445. The largest absolute Gasteiger partial charge is 0.491 e. The number of aliphatic hydroxyl groups is 1. The summed E-state index contributed by atoms with van der Waals surface area (Å²) in [6.45, 7) is 3.24. The summed E-state index contributed by atoms with van der Waals surface area (Å²) in [6, 6.07) is 17.7. The summed E-state index contributed by atoms with van der Waals surface area (Å²) in [5, 5.41) is 12.3. The third-order valence-corrected chi connectivity index (χ3v) is 8.40. The zero-order valence-electron chi connectivity index (χ0n) is 19.6. The Morgan fingerprint density at radius 3 is 2.70 bits per heavy atom. The third-order valence-electron chi connectivity index (χ3n) is 8.40. The van der Waals surface area contributed by atoms with Crippen molar-refractivity contribution in [2.45, 2.75) is 76.0 Å². The van der Waals surface area contributed by atoms with Crippen molar-refractivity contribution in [1.82, 2.24) is 4.57 Å². The van der Waals surface area contributed by atoms with E-state index in [1.807, 2.05) is 30.3 Å². The molecule has 4 heteroatoms. The normalized spacial score (nSPS) is 23.9. The van der Waals surface area contributed by atoms with Gasteiger partial charge in [0.2, 0.25) is 0 Å². The Hall–Kier alpha value is -2.30. The Balaban J connectivity index is 1.23. The number of aliphatic hydroxyl groups excluding tert-OH is 1. The number of hydrogen-bond acceptors (Lipinski definition) is 2. The lowest BCUT2D eigenvalue weighted by Gasteiger charge is -2.37. The summed E-state index contributed by atoms with van der Waals surface area (Å²) in [4.78, 5) is 1.53. The first-order chi connectivity index (χ1) is 16.3.